The van der Waals surface area contributed by atoms with Crippen molar-refractivity contribution >= 4 is 29.2 Å². The topological polar surface area (TPSA) is 80.2 Å². The van der Waals surface area contributed by atoms with E-state index in [1.54, 1.807) is 41.3 Å². The summed E-state index contributed by atoms with van der Waals surface area (Å²) in [5.74, 6) is 2.43. The number of aromatic nitrogens is 2. The Morgan fingerprint density at radius 1 is 1.00 bits per heavy atom. The summed E-state index contributed by atoms with van der Waals surface area (Å²) in [6.45, 7) is 1.24. The number of halogens is 3. The van der Waals surface area contributed by atoms with E-state index in [-0.39, 0.29) is 36.0 Å². The average molecular weight is 650 g/mol. The van der Waals surface area contributed by atoms with Gasteiger partial charge in [-0.05, 0) is 49.9 Å². The van der Waals surface area contributed by atoms with Gasteiger partial charge in [0.2, 0.25) is 5.91 Å². The summed E-state index contributed by atoms with van der Waals surface area (Å²) < 4.78 is 52.4. The third kappa shape index (κ3) is 5.83. The first-order valence-electron chi connectivity index (χ1n) is 15.6. The molecule has 0 radical (unpaired) electrons. The van der Waals surface area contributed by atoms with Crippen molar-refractivity contribution in [2.45, 2.75) is 55.8 Å². The van der Waals surface area contributed by atoms with Crippen molar-refractivity contribution in [2.75, 3.05) is 30.9 Å². The summed E-state index contributed by atoms with van der Waals surface area (Å²) in [6.07, 6.45) is 5.10. The second kappa shape index (κ2) is 12.6. The summed E-state index contributed by atoms with van der Waals surface area (Å²) in [6, 6.07) is 10.7. The van der Waals surface area contributed by atoms with E-state index in [1.807, 2.05) is 6.07 Å². The predicted octanol–water partition coefficient (Wildman–Crippen LogP) is 6.53. The van der Waals surface area contributed by atoms with Gasteiger partial charge in [0.1, 0.15) is 18.8 Å². The summed E-state index contributed by atoms with van der Waals surface area (Å²) in [7, 11) is 1.49. The minimum Gasteiger partial charge on any atom is -0.493 e. The van der Waals surface area contributed by atoms with E-state index >= 15 is 0 Å². The molecule has 2 atom stereocenters. The number of anilines is 1. The monoisotopic (exact) mass is 649 g/mol. The van der Waals surface area contributed by atoms with Crippen molar-refractivity contribution in [1.82, 2.24) is 15.0 Å². The molecule has 8 nitrogen and oxygen atoms in total. The normalized spacial score (nSPS) is 21.6. The molecule has 4 aliphatic rings. The molecular formula is C34H34F3N5O3S. The molecule has 1 amide bonds. The third-order valence-electron chi connectivity index (χ3n) is 9.26. The number of hydrogen-bond donors (Lipinski definition) is 0. The number of thioether (sulfide) groups is 1. The number of rotatable bonds is 7. The van der Waals surface area contributed by atoms with Crippen molar-refractivity contribution in [3.05, 3.63) is 83.3 Å². The average Bonchev–Trinajstić information content (AvgIpc) is 3.57. The highest BCUT2D eigenvalue weighted by Gasteiger charge is 2.43. The smallest absolute Gasteiger partial charge is 0.416 e. The van der Waals surface area contributed by atoms with Gasteiger partial charge < -0.3 is 14.4 Å². The van der Waals surface area contributed by atoms with E-state index in [0.29, 0.717) is 24.3 Å². The second-order valence-electron chi connectivity index (χ2n) is 11.9. The molecule has 12 heteroatoms. The minimum atomic E-state index is -4.49. The summed E-state index contributed by atoms with van der Waals surface area (Å²) in [5, 5.41) is 6.74. The summed E-state index contributed by atoms with van der Waals surface area (Å²) in [5.41, 5.74) is 1.95. The molecule has 3 aromatic rings. The minimum absolute atomic E-state index is 0.0311. The van der Waals surface area contributed by atoms with Crippen molar-refractivity contribution in [2.24, 2.45) is 16.9 Å². The third-order valence-corrected chi connectivity index (χ3v) is 10.4. The van der Waals surface area contributed by atoms with Gasteiger partial charge in [0.25, 0.3) is 0 Å². The molecule has 7 rings (SSSR count). The van der Waals surface area contributed by atoms with E-state index < -0.39 is 11.7 Å². The Labute approximate surface area is 269 Å². The number of hydrazone groups is 1. The SMILES string of the molecule is COc1ccc(C2=NN(C3CCN(c4ncnc5c4SCC5)CC3)C(=O)[C@@H]3CC=CC[C@H]23)cc1OCc1ccccc1C(F)(F)F. The standard InChI is InChI=1S/C34H34F3N5O3S/c1-44-28-11-10-21(18-29(28)45-19-22-6-2-5-9-26(22)34(35,36)37)30-24-7-3-4-8-25(24)33(43)42(40-30)23-12-15-41(16-13-23)32-31-27(14-17-46-31)38-20-39-32/h2-6,9-11,18,20,23-25H,7-8,12-17,19H2,1H3/t24-,25+/m0/s1. The largest absolute Gasteiger partial charge is 0.493 e. The Kier molecular flexibility index (Phi) is 8.39. The molecule has 46 heavy (non-hydrogen) atoms. The number of benzene rings is 2. The molecule has 1 aliphatic carbocycles. The molecule has 0 unspecified atom stereocenters. The van der Waals surface area contributed by atoms with Crippen molar-refractivity contribution in [3.63, 3.8) is 0 Å². The van der Waals surface area contributed by atoms with Crippen LogP contribution >= 0.6 is 11.8 Å². The molecule has 3 aliphatic heterocycles. The first-order valence-corrected chi connectivity index (χ1v) is 16.5. The van der Waals surface area contributed by atoms with E-state index in [4.69, 9.17) is 14.6 Å². The van der Waals surface area contributed by atoms with Gasteiger partial charge in [0, 0.05) is 42.3 Å². The van der Waals surface area contributed by atoms with E-state index in [9.17, 15) is 18.0 Å². The Hall–Kier alpha value is -4.06. The Balaban J connectivity index is 1.15. The molecule has 2 aromatic carbocycles. The highest BCUT2D eigenvalue weighted by atomic mass is 32.2. The molecule has 4 heterocycles. The van der Waals surface area contributed by atoms with Gasteiger partial charge >= 0.3 is 6.18 Å². The van der Waals surface area contributed by atoms with Gasteiger partial charge in [-0.15, -0.1) is 11.8 Å². The Morgan fingerprint density at radius 3 is 2.57 bits per heavy atom. The Bertz CT molecular complexity index is 1690. The van der Waals surface area contributed by atoms with Gasteiger partial charge in [-0.1, -0.05) is 30.4 Å². The van der Waals surface area contributed by atoms with Crippen LogP contribution in [0.4, 0.5) is 19.0 Å². The molecule has 1 aromatic heterocycles. The van der Waals surface area contributed by atoms with E-state index in [1.165, 1.54) is 24.1 Å². The lowest BCUT2D eigenvalue weighted by Gasteiger charge is -2.43. The first-order chi connectivity index (χ1) is 22.3. The van der Waals surface area contributed by atoms with Crippen LogP contribution in [0.3, 0.4) is 0 Å². The van der Waals surface area contributed by atoms with Gasteiger partial charge in [-0.2, -0.15) is 18.3 Å². The van der Waals surface area contributed by atoms with Crippen molar-refractivity contribution in [1.29, 1.82) is 0 Å². The van der Waals surface area contributed by atoms with Crippen LogP contribution in [-0.2, 0) is 24.0 Å². The molecule has 1 fully saturated rings. The second-order valence-corrected chi connectivity index (χ2v) is 13.0. The fraction of sp³-hybridized carbons (Fsp3) is 0.412. The number of carbonyl (C=O) groups is 1. The fourth-order valence-electron chi connectivity index (χ4n) is 6.88. The number of ether oxygens (including phenoxy) is 2. The zero-order valence-electron chi connectivity index (χ0n) is 25.4. The lowest BCUT2D eigenvalue weighted by molar-refractivity contribution is -0.141. The van der Waals surface area contributed by atoms with Crippen molar-refractivity contribution < 1.29 is 27.4 Å². The molecular weight excluding hydrogens is 615 g/mol. The van der Waals surface area contributed by atoms with E-state index in [2.05, 4.69) is 27.0 Å². The lowest BCUT2D eigenvalue weighted by Crippen LogP contribution is -2.52. The number of piperidine rings is 1. The van der Waals surface area contributed by atoms with Crippen LogP contribution in [-0.4, -0.2) is 58.6 Å². The zero-order valence-corrected chi connectivity index (χ0v) is 26.2. The van der Waals surface area contributed by atoms with Crippen LogP contribution < -0.4 is 14.4 Å². The van der Waals surface area contributed by atoms with Gasteiger partial charge in [0.05, 0.1) is 40.9 Å². The van der Waals surface area contributed by atoms with Crippen molar-refractivity contribution in [3.8, 4) is 11.5 Å². The van der Waals surface area contributed by atoms with Gasteiger partial charge in [0.15, 0.2) is 11.5 Å². The maximum atomic E-state index is 13.9. The zero-order chi connectivity index (χ0) is 31.8. The number of allylic oxidation sites excluding steroid dienone is 2. The highest BCUT2D eigenvalue weighted by Crippen LogP contribution is 2.41. The molecule has 1 saturated heterocycles. The maximum absolute atomic E-state index is 13.9. The molecule has 0 bridgehead atoms. The number of carbonyl (C=O) groups excluding carboxylic acids is 1. The van der Waals surface area contributed by atoms with Crippen LogP contribution in [0.1, 0.15) is 48.1 Å². The fourth-order valence-corrected chi connectivity index (χ4v) is 8.01. The van der Waals surface area contributed by atoms with Crippen LogP contribution in [0.25, 0.3) is 0 Å². The number of alkyl halides is 3. The van der Waals surface area contributed by atoms with Gasteiger partial charge in [-0.3, -0.25) is 4.79 Å². The molecule has 0 spiro atoms. The first kappa shape index (κ1) is 30.6. The lowest BCUT2D eigenvalue weighted by atomic mass is 9.76. The number of nitrogens with zero attached hydrogens (tertiary/aromatic N) is 5. The van der Waals surface area contributed by atoms with Crippen LogP contribution in [0, 0.1) is 11.8 Å². The molecule has 0 saturated carbocycles. The number of aryl methyl sites for hydroxylation is 1. The molecule has 0 N–H and O–H groups in total. The number of amides is 1. The maximum Gasteiger partial charge on any atom is 0.416 e. The van der Waals surface area contributed by atoms with E-state index in [0.717, 1.165) is 67.0 Å². The number of fused-ring (bicyclic) bond motifs is 2. The predicted molar refractivity (Wildman–Crippen MR) is 169 cm³/mol. The quantitative estimate of drug-likeness (QED) is 0.270. The summed E-state index contributed by atoms with van der Waals surface area (Å²) in [4.78, 5) is 26.4. The number of methoxy groups -OCH3 is 1. The van der Waals surface area contributed by atoms with Gasteiger partial charge in [-0.25, -0.2) is 15.0 Å². The van der Waals surface area contributed by atoms with Crippen LogP contribution in [0.5, 0.6) is 11.5 Å². The summed E-state index contributed by atoms with van der Waals surface area (Å²) >= 11 is 1.81. The highest BCUT2D eigenvalue weighted by molar-refractivity contribution is 7.99. The van der Waals surface area contributed by atoms with Crippen LogP contribution in [0.15, 0.2) is 70.9 Å². The number of hydrogen-bond acceptors (Lipinski definition) is 8. The van der Waals surface area contributed by atoms with Crippen LogP contribution in [0.2, 0.25) is 0 Å². The molecule has 240 valence electrons. The Morgan fingerprint density at radius 2 is 1.78 bits per heavy atom.